The van der Waals surface area contributed by atoms with E-state index in [-0.39, 0.29) is 42.9 Å². The van der Waals surface area contributed by atoms with Crippen LogP contribution in [0.25, 0.3) is 0 Å². The third-order valence-electron chi connectivity index (χ3n) is 7.96. The van der Waals surface area contributed by atoms with Gasteiger partial charge in [0.05, 0.1) is 13.0 Å². The summed E-state index contributed by atoms with van der Waals surface area (Å²) in [5.74, 6) is -3.74. The van der Waals surface area contributed by atoms with Gasteiger partial charge in [-0.1, -0.05) is 32.0 Å². The van der Waals surface area contributed by atoms with Crippen LogP contribution >= 0.6 is 0 Å². The molecule has 4 atom stereocenters. The number of halogens is 2. The highest BCUT2D eigenvalue weighted by Crippen LogP contribution is 2.21. The molecule has 248 valence electrons. The zero-order valence-corrected chi connectivity index (χ0v) is 26.2. The molecule has 5 rings (SSSR count). The number of ether oxygens (including phenoxy) is 1. The molecule has 5 amide bonds. The lowest BCUT2D eigenvalue weighted by Crippen LogP contribution is -2.58. The Balaban J connectivity index is 1.57. The lowest BCUT2D eigenvalue weighted by atomic mass is 10.0. The van der Waals surface area contributed by atoms with E-state index in [4.69, 9.17) is 4.74 Å². The first-order valence-electron chi connectivity index (χ1n) is 15.5. The van der Waals surface area contributed by atoms with Crippen molar-refractivity contribution in [3.8, 4) is 5.75 Å². The van der Waals surface area contributed by atoms with E-state index in [0.29, 0.717) is 43.2 Å². The molecule has 0 saturated carbocycles. The summed E-state index contributed by atoms with van der Waals surface area (Å²) in [4.78, 5) is 67.9. The number of benzene rings is 2. The minimum atomic E-state index is -1.16. The van der Waals surface area contributed by atoms with Crippen molar-refractivity contribution in [1.29, 1.82) is 0 Å². The number of rotatable bonds is 5. The molecule has 0 radical (unpaired) electrons. The van der Waals surface area contributed by atoms with Crippen LogP contribution in [-0.2, 0) is 36.8 Å². The predicted octanol–water partition coefficient (Wildman–Crippen LogP) is 1.77. The number of hydrogen-bond acceptors (Lipinski definition) is 6. The first kappa shape index (κ1) is 34.3. The van der Waals surface area contributed by atoms with E-state index in [0.717, 1.165) is 12.1 Å². The summed E-state index contributed by atoms with van der Waals surface area (Å²) in [6.45, 7) is 6.05. The van der Waals surface area contributed by atoms with E-state index in [9.17, 15) is 32.8 Å². The molecule has 3 aliphatic heterocycles. The molecule has 1 saturated heterocycles. The number of hydrogen-bond donors (Lipinski definition) is 4. The van der Waals surface area contributed by atoms with Crippen LogP contribution in [0.15, 0.2) is 42.5 Å². The summed E-state index contributed by atoms with van der Waals surface area (Å²) in [6, 6.07) is 5.83. The Kier molecular flexibility index (Phi) is 11.7. The molecule has 2 bridgehead atoms. The van der Waals surface area contributed by atoms with Gasteiger partial charge in [-0.25, -0.2) is 8.78 Å². The lowest BCUT2D eigenvalue weighted by Gasteiger charge is -2.30. The van der Waals surface area contributed by atoms with E-state index in [1.54, 1.807) is 24.3 Å². The molecule has 46 heavy (non-hydrogen) atoms. The largest absolute Gasteiger partial charge is 0.492 e. The molecule has 3 aliphatic rings. The van der Waals surface area contributed by atoms with Gasteiger partial charge >= 0.3 is 0 Å². The molecule has 0 spiro atoms. The highest BCUT2D eigenvalue weighted by Gasteiger charge is 2.38. The standard InChI is InChI=1S/C33H41F2N5O6/c1-19(2)15-27-33(45)40-13-4-5-28(40)32(44)36-12-14-46-24-10-6-21(7-11-24)16-26(31(43)37-20(3)30(42)39-27)38-29(41)17-22-8-9-23(34)18-25(22)35/h6-11,18-20,26-28H,4-5,12-17H2,1-3H3,(H,36,44)(H,37,43)(H,38,41)(H,39,42)/t20-,26+,27+,28-/m1/s1. The minimum absolute atomic E-state index is 0.0267. The van der Waals surface area contributed by atoms with Crippen molar-refractivity contribution in [1.82, 2.24) is 26.2 Å². The van der Waals surface area contributed by atoms with Crippen molar-refractivity contribution in [2.45, 2.75) is 77.0 Å². The molecular weight excluding hydrogens is 600 g/mol. The monoisotopic (exact) mass is 641 g/mol. The van der Waals surface area contributed by atoms with Gasteiger partial charge < -0.3 is 30.9 Å². The van der Waals surface area contributed by atoms with Gasteiger partial charge in [0.1, 0.15) is 48.2 Å². The van der Waals surface area contributed by atoms with Crippen LogP contribution in [0.1, 0.15) is 51.2 Å². The van der Waals surface area contributed by atoms with Crippen LogP contribution in [0.2, 0.25) is 0 Å². The Morgan fingerprint density at radius 3 is 2.46 bits per heavy atom. The smallest absolute Gasteiger partial charge is 0.245 e. The van der Waals surface area contributed by atoms with Crippen molar-refractivity contribution < 1.29 is 37.5 Å². The molecule has 3 heterocycles. The van der Waals surface area contributed by atoms with E-state index in [2.05, 4.69) is 21.3 Å². The van der Waals surface area contributed by atoms with Crippen molar-refractivity contribution in [2.75, 3.05) is 19.7 Å². The third-order valence-corrected chi connectivity index (χ3v) is 7.96. The summed E-state index contributed by atoms with van der Waals surface area (Å²) in [6.07, 6.45) is 1.04. The van der Waals surface area contributed by atoms with E-state index >= 15 is 0 Å². The van der Waals surface area contributed by atoms with E-state index < -0.39 is 59.9 Å². The second kappa shape index (κ2) is 15.6. The Hall–Kier alpha value is -4.55. The quantitative estimate of drug-likeness (QED) is 0.392. The van der Waals surface area contributed by atoms with Gasteiger partial charge in [-0.05, 0) is 61.4 Å². The zero-order chi connectivity index (χ0) is 33.4. The second-order valence-electron chi connectivity index (χ2n) is 12.1. The molecule has 11 nitrogen and oxygen atoms in total. The maximum atomic E-state index is 14.2. The maximum Gasteiger partial charge on any atom is 0.245 e. The number of nitrogens with zero attached hydrogens (tertiary/aromatic N) is 1. The molecule has 2 aromatic rings. The Labute approximate surface area is 266 Å². The maximum absolute atomic E-state index is 14.2. The number of carbonyl (C=O) groups is 5. The first-order valence-corrected chi connectivity index (χ1v) is 15.5. The van der Waals surface area contributed by atoms with Crippen LogP contribution in [0, 0.1) is 17.6 Å². The van der Waals surface area contributed by atoms with E-state index in [1.165, 1.54) is 11.8 Å². The van der Waals surface area contributed by atoms with Crippen LogP contribution in [-0.4, -0.2) is 78.3 Å². The van der Waals surface area contributed by atoms with E-state index in [1.807, 2.05) is 13.8 Å². The number of carbonyl (C=O) groups excluding carboxylic acids is 5. The SMILES string of the molecule is CC(C)C[C@@H]1NC(=O)[C@@H](C)NC(=O)[C@@H](NC(=O)Cc2ccc(F)cc2F)Cc2ccc(cc2)OCCNC(=O)[C@H]2CCCN2C1=O. The topological polar surface area (TPSA) is 146 Å². The van der Waals surface area contributed by atoms with Crippen molar-refractivity contribution in [2.24, 2.45) is 5.92 Å². The van der Waals surface area contributed by atoms with Gasteiger partial charge in [-0.2, -0.15) is 0 Å². The normalized spacial score (nSPS) is 23.2. The summed E-state index contributed by atoms with van der Waals surface area (Å²) in [7, 11) is 0. The molecular formula is C33H41F2N5O6. The van der Waals surface area contributed by atoms with Crippen molar-refractivity contribution in [3.63, 3.8) is 0 Å². The van der Waals surface area contributed by atoms with Gasteiger partial charge in [0, 0.05) is 19.0 Å². The molecule has 0 aliphatic carbocycles. The highest BCUT2D eigenvalue weighted by molar-refractivity contribution is 5.95. The highest BCUT2D eigenvalue weighted by atomic mass is 19.1. The van der Waals surface area contributed by atoms with Crippen LogP contribution in [0.3, 0.4) is 0 Å². The van der Waals surface area contributed by atoms with Crippen LogP contribution in [0.5, 0.6) is 5.75 Å². The Bertz CT molecular complexity index is 1440. The fraction of sp³-hybridized carbons (Fsp3) is 0.485. The van der Waals surface area contributed by atoms with Gasteiger partial charge in [0.15, 0.2) is 0 Å². The lowest BCUT2D eigenvalue weighted by molar-refractivity contribution is -0.142. The Morgan fingerprint density at radius 2 is 1.76 bits per heavy atom. The van der Waals surface area contributed by atoms with Crippen LogP contribution < -0.4 is 26.0 Å². The second-order valence-corrected chi connectivity index (χ2v) is 12.1. The van der Waals surface area contributed by atoms with Crippen molar-refractivity contribution >= 4 is 29.5 Å². The zero-order valence-electron chi connectivity index (χ0n) is 26.2. The predicted molar refractivity (Wildman–Crippen MR) is 164 cm³/mol. The van der Waals surface area contributed by atoms with Gasteiger partial charge in [-0.15, -0.1) is 0 Å². The van der Waals surface area contributed by atoms with Crippen molar-refractivity contribution in [3.05, 3.63) is 65.2 Å². The molecule has 4 N–H and O–H groups in total. The summed E-state index contributed by atoms with van der Waals surface area (Å²) >= 11 is 0. The average Bonchev–Trinajstić information content (AvgIpc) is 3.50. The minimum Gasteiger partial charge on any atom is -0.492 e. The third kappa shape index (κ3) is 9.24. The fourth-order valence-electron chi connectivity index (χ4n) is 5.58. The van der Waals surface area contributed by atoms with Crippen LogP contribution in [0.4, 0.5) is 8.78 Å². The van der Waals surface area contributed by atoms with Gasteiger partial charge in [0.2, 0.25) is 29.5 Å². The number of amides is 5. The first-order chi connectivity index (χ1) is 21.9. The summed E-state index contributed by atoms with van der Waals surface area (Å²) < 4.78 is 33.3. The summed E-state index contributed by atoms with van der Waals surface area (Å²) in [5, 5.41) is 10.8. The molecule has 0 unspecified atom stereocenters. The molecule has 1 fully saturated rings. The van der Waals surface area contributed by atoms with Gasteiger partial charge in [0.25, 0.3) is 0 Å². The average molecular weight is 642 g/mol. The number of fused-ring (bicyclic) bond motifs is 14. The Morgan fingerprint density at radius 1 is 1.02 bits per heavy atom. The molecule has 0 aromatic heterocycles. The molecule has 13 heteroatoms. The fourth-order valence-corrected chi connectivity index (χ4v) is 5.58. The summed E-state index contributed by atoms with van der Waals surface area (Å²) in [5.41, 5.74) is 0.613. The van der Waals surface area contributed by atoms with Gasteiger partial charge in [-0.3, -0.25) is 24.0 Å². The molecule has 2 aromatic carbocycles. The number of nitrogens with one attached hydrogen (secondary N) is 4.